The van der Waals surface area contributed by atoms with Crippen molar-refractivity contribution in [3.63, 3.8) is 0 Å². The summed E-state index contributed by atoms with van der Waals surface area (Å²) in [7, 11) is 0. The number of thiocarbonyl (C=S) groups is 1. The largest absolute Gasteiger partial charge is 0.353 e. The maximum Gasteiger partial charge on any atom is 0.243 e. The molecule has 0 bridgehead atoms. The van der Waals surface area contributed by atoms with E-state index in [1.807, 2.05) is 63.2 Å². The highest BCUT2D eigenvalue weighted by Crippen LogP contribution is 2.19. The van der Waals surface area contributed by atoms with Crippen LogP contribution < -0.4 is 16.0 Å². The Morgan fingerprint density at radius 2 is 1.57 bits per heavy atom. The van der Waals surface area contributed by atoms with Gasteiger partial charge in [-0.3, -0.25) is 4.79 Å². The van der Waals surface area contributed by atoms with E-state index in [2.05, 4.69) is 16.0 Å². The van der Waals surface area contributed by atoms with Crippen LogP contribution in [0.25, 0.3) is 0 Å². The fraction of sp³-hybridized carbons (Fsp3) is 0.222. The van der Waals surface area contributed by atoms with Gasteiger partial charge in [0.15, 0.2) is 5.11 Å². The van der Waals surface area contributed by atoms with E-state index in [-0.39, 0.29) is 12.5 Å². The highest BCUT2D eigenvalue weighted by atomic mass is 32.1. The molecule has 4 nitrogen and oxygen atoms in total. The van der Waals surface area contributed by atoms with Gasteiger partial charge in [-0.1, -0.05) is 35.9 Å². The van der Waals surface area contributed by atoms with Crippen molar-refractivity contribution < 1.29 is 4.79 Å². The molecule has 0 aliphatic rings. The molecule has 0 aliphatic carbocycles. The van der Waals surface area contributed by atoms with Gasteiger partial charge >= 0.3 is 0 Å². The zero-order valence-electron chi connectivity index (χ0n) is 13.6. The third-order valence-corrected chi connectivity index (χ3v) is 3.71. The highest BCUT2D eigenvalue weighted by molar-refractivity contribution is 7.80. The Kier molecular flexibility index (Phi) is 5.71. The molecule has 0 saturated carbocycles. The maximum atomic E-state index is 12.1. The van der Waals surface area contributed by atoms with Crippen LogP contribution in [0.4, 0.5) is 11.4 Å². The lowest BCUT2D eigenvalue weighted by atomic mass is 10.1. The van der Waals surface area contributed by atoms with Crippen molar-refractivity contribution in [3.8, 4) is 0 Å². The summed E-state index contributed by atoms with van der Waals surface area (Å²) in [4.78, 5) is 12.1. The van der Waals surface area contributed by atoms with Gasteiger partial charge in [-0.2, -0.15) is 0 Å². The first kappa shape index (κ1) is 17.0. The minimum Gasteiger partial charge on any atom is -0.353 e. The molecule has 0 fully saturated rings. The van der Waals surface area contributed by atoms with Gasteiger partial charge in [0, 0.05) is 11.4 Å². The summed E-state index contributed by atoms with van der Waals surface area (Å²) >= 11 is 5.20. The summed E-state index contributed by atoms with van der Waals surface area (Å²) < 4.78 is 0. The summed E-state index contributed by atoms with van der Waals surface area (Å²) in [5.41, 5.74) is 5.01. The monoisotopic (exact) mass is 327 g/mol. The van der Waals surface area contributed by atoms with Crippen molar-refractivity contribution in [1.82, 2.24) is 5.32 Å². The van der Waals surface area contributed by atoms with Gasteiger partial charge < -0.3 is 16.0 Å². The molecule has 3 N–H and O–H groups in total. The van der Waals surface area contributed by atoms with E-state index >= 15 is 0 Å². The molecule has 0 spiro atoms. The Hall–Kier alpha value is -2.40. The predicted octanol–water partition coefficient (Wildman–Crippen LogP) is 3.54. The number of carbonyl (C=O) groups excluding carboxylic acids is 1. The van der Waals surface area contributed by atoms with Gasteiger partial charge in [0.05, 0.1) is 6.54 Å². The molecule has 0 aliphatic heterocycles. The van der Waals surface area contributed by atoms with Gasteiger partial charge in [0.1, 0.15) is 0 Å². The molecule has 0 saturated heterocycles. The van der Waals surface area contributed by atoms with E-state index in [4.69, 9.17) is 12.2 Å². The molecule has 0 atom stereocenters. The topological polar surface area (TPSA) is 53.2 Å². The molecule has 23 heavy (non-hydrogen) atoms. The number of nitrogens with one attached hydrogen (secondary N) is 3. The van der Waals surface area contributed by atoms with Crippen molar-refractivity contribution in [3.05, 3.63) is 59.2 Å². The van der Waals surface area contributed by atoms with E-state index in [1.165, 1.54) is 5.56 Å². The summed E-state index contributed by atoms with van der Waals surface area (Å²) in [6.07, 6.45) is 0. The maximum absolute atomic E-state index is 12.1. The number of aryl methyl sites for hydroxylation is 3. The first-order valence-electron chi connectivity index (χ1n) is 7.43. The molecular weight excluding hydrogens is 306 g/mol. The van der Waals surface area contributed by atoms with Crippen LogP contribution in [0.2, 0.25) is 0 Å². The molecule has 1 amide bonds. The van der Waals surface area contributed by atoms with E-state index in [1.54, 1.807) is 0 Å². The minimum atomic E-state index is -0.129. The van der Waals surface area contributed by atoms with E-state index in [9.17, 15) is 4.79 Å². The molecule has 5 heteroatoms. The Balaban J connectivity index is 1.84. The number of rotatable bonds is 4. The average molecular weight is 327 g/mol. The summed E-state index contributed by atoms with van der Waals surface area (Å²) in [5.74, 6) is -0.129. The van der Waals surface area contributed by atoms with Crippen molar-refractivity contribution in [2.75, 3.05) is 17.2 Å². The van der Waals surface area contributed by atoms with Crippen LogP contribution in [0.1, 0.15) is 16.7 Å². The van der Waals surface area contributed by atoms with Gasteiger partial charge in [-0.25, -0.2) is 0 Å². The second-order valence-electron chi connectivity index (χ2n) is 5.49. The molecule has 2 rings (SSSR count). The fourth-order valence-electron chi connectivity index (χ4n) is 2.17. The SMILES string of the molecule is Cc1ccc(NC(=S)NCC(=O)Nc2c(C)cccc2C)cc1. The van der Waals surface area contributed by atoms with E-state index in [0.717, 1.165) is 22.5 Å². The van der Waals surface area contributed by atoms with Crippen LogP contribution in [0.15, 0.2) is 42.5 Å². The zero-order valence-corrected chi connectivity index (χ0v) is 14.4. The zero-order chi connectivity index (χ0) is 16.8. The Morgan fingerprint density at radius 1 is 0.957 bits per heavy atom. The van der Waals surface area contributed by atoms with E-state index in [0.29, 0.717) is 5.11 Å². The van der Waals surface area contributed by atoms with Gasteiger partial charge in [0.25, 0.3) is 0 Å². The van der Waals surface area contributed by atoms with Gasteiger partial charge in [-0.15, -0.1) is 0 Å². The van der Waals surface area contributed by atoms with E-state index < -0.39 is 0 Å². The molecule has 2 aromatic carbocycles. The Labute approximate surface area is 142 Å². The van der Waals surface area contributed by atoms with Crippen LogP contribution in [0.3, 0.4) is 0 Å². The Morgan fingerprint density at radius 3 is 2.17 bits per heavy atom. The molecule has 0 aromatic heterocycles. The van der Waals surface area contributed by atoms with Crippen LogP contribution in [0, 0.1) is 20.8 Å². The number of amides is 1. The number of carbonyl (C=O) groups is 1. The first-order chi connectivity index (χ1) is 11.0. The molecular formula is C18H21N3OS. The van der Waals surface area contributed by atoms with Crippen molar-refractivity contribution in [2.24, 2.45) is 0 Å². The average Bonchev–Trinajstić information content (AvgIpc) is 2.51. The number of para-hydroxylation sites is 1. The molecule has 0 unspecified atom stereocenters. The minimum absolute atomic E-state index is 0.117. The lowest BCUT2D eigenvalue weighted by molar-refractivity contribution is -0.115. The van der Waals surface area contributed by atoms with Crippen LogP contribution in [-0.2, 0) is 4.79 Å². The Bertz CT molecular complexity index is 690. The van der Waals surface area contributed by atoms with Crippen LogP contribution in [-0.4, -0.2) is 17.6 Å². The molecule has 2 aromatic rings. The third kappa shape index (κ3) is 5.07. The highest BCUT2D eigenvalue weighted by Gasteiger charge is 2.07. The number of hydrogen-bond acceptors (Lipinski definition) is 2. The third-order valence-electron chi connectivity index (χ3n) is 3.46. The molecule has 0 radical (unpaired) electrons. The van der Waals surface area contributed by atoms with Crippen molar-refractivity contribution >= 4 is 34.6 Å². The first-order valence-corrected chi connectivity index (χ1v) is 7.84. The second kappa shape index (κ2) is 7.74. The van der Waals surface area contributed by atoms with Crippen molar-refractivity contribution in [2.45, 2.75) is 20.8 Å². The second-order valence-corrected chi connectivity index (χ2v) is 5.90. The normalized spacial score (nSPS) is 10.0. The van der Waals surface area contributed by atoms with Gasteiger partial charge in [-0.05, 0) is 56.2 Å². The van der Waals surface area contributed by atoms with Gasteiger partial charge in [0.2, 0.25) is 5.91 Å². The van der Waals surface area contributed by atoms with Crippen LogP contribution in [0.5, 0.6) is 0 Å². The molecule has 0 heterocycles. The number of hydrogen-bond donors (Lipinski definition) is 3. The fourth-order valence-corrected chi connectivity index (χ4v) is 2.36. The number of anilines is 2. The quantitative estimate of drug-likeness (QED) is 0.752. The summed E-state index contributed by atoms with van der Waals surface area (Å²) in [5, 5.41) is 9.30. The predicted molar refractivity (Wildman–Crippen MR) is 99.9 cm³/mol. The summed E-state index contributed by atoms with van der Waals surface area (Å²) in [6.45, 7) is 6.09. The lowest BCUT2D eigenvalue weighted by Crippen LogP contribution is -2.35. The molecule has 120 valence electrons. The van der Waals surface area contributed by atoms with Crippen molar-refractivity contribution in [1.29, 1.82) is 0 Å². The number of benzene rings is 2. The van der Waals surface area contributed by atoms with Crippen LogP contribution >= 0.6 is 12.2 Å². The standard InChI is InChI=1S/C18H21N3OS/c1-12-7-9-15(10-8-12)20-18(23)19-11-16(22)21-17-13(2)5-4-6-14(17)3/h4-10H,11H2,1-3H3,(H,21,22)(H2,19,20,23). The summed E-state index contributed by atoms with van der Waals surface area (Å²) in [6, 6.07) is 13.8. The smallest absolute Gasteiger partial charge is 0.243 e. The lowest BCUT2D eigenvalue weighted by Gasteiger charge is -2.13.